The van der Waals surface area contributed by atoms with Crippen molar-refractivity contribution >= 4 is 33.0 Å². The van der Waals surface area contributed by atoms with E-state index in [2.05, 4.69) is 21.0 Å². The maximum Gasteiger partial charge on any atom is 0.224 e. The number of carbonyl (C=O) groups is 1. The number of ketones is 1. The molecule has 102 valence electrons. The molecule has 4 nitrogen and oxygen atoms in total. The molecule has 2 heterocycles. The van der Waals surface area contributed by atoms with Crippen LogP contribution in [0.4, 0.5) is 0 Å². The van der Waals surface area contributed by atoms with Gasteiger partial charge >= 0.3 is 0 Å². The highest BCUT2D eigenvalue weighted by Crippen LogP contribution is 2.31. The van der Waals surface area contributed by atoms with Gasteiger partial charge in [0.25, 0.3) is 0 Å². The van der Waals surface area contributed by atoms with Crippen LogP contribution in [0.15, 0.2) is 16.0 Å². The summed E-state index contributed by atoms with van der Waals surface area (Å²) >= 11 is 4.88. The Hall–Kier alpha value is -1.14. The zero-order valence-electron chi connectivity index (χ0n) is 11.1. The van der Waals surface area contributed by atoms with Crippen LogP contribution in [0.3, 0.4) is 0 Å². The van der Waals surface area contributed by atoms with Crippen LogP contribution in [0.1, 0.15) is 34.3 Å². The number of halogens is 1. The van der Waals surface area contributed by atoms with E-state index in [1.165, 1.54) is 11.3 Å². The first kappa shape index (κ1) is 14.3. The molecule has 0 aliphatic carbocycles. The van der Waals surface area contributed by atoms with Gasteiger partial charge in [0.05, 0.1) is 22.0 Å². The summed E-state index contributed by atoms with van der Waals surface area (Å²) in [5.74, 6) is 0.488. The molecule has 0 N–H and O–H groups in total. The van der Waals surface area contributed by atoms with Gasteiger partial charge in [-0.25, -0.2) is 0 Å². The maximum absolute atomic E-state index is 12.6. The van der Waals surface area contributed by atoms with E-state index in [9.17, 15) is 4.79 Å². The van der Waals surface area contributed by atoms with Crippen molar-refractivity contribution in [1.29, 1.82) is 0 Å². The van der Waals surface area contributed by atoms with Crippen molar-refractivity contribution in [3.63, 3.8) is 0 Å². The van der Waals surface area contributed by atoms with Gasteiger partial charge in [0.15, 0.2) is 11.4 Å². The molecule has 0 saturated heterocycles. The number of hydrogen-bond donors (Lipinski definition) is 0. The van der Waals surface area contributed by atoms with Crippen molar-refractivity contribution < 1.29 is 9.53 Å². The Bertz CT molecular complexity index is 584. The highest BCUT2D eigenvalue weighted by molar-refractivity contribution is 9.11. The summed E-state index contributed by atoms with van der Waals surface area (Å²) in [5, 5.41) is 4.22. The number of methoxy groups -OCH3 is 1. The third-order valence-electron chi connectivity index (χ3n) is 2.76. The second-order valence-corrected chi connectivity index (χ2v) is 6.55. The van der Waals surface area contributed by atoms with Crippen LogP contribution in [0.25, 0.3) is 0 Å². The fourth-order valence-corrected chi connectivity index (χ4v) is 3.29. The lowest BCUT2D eigenvalue weighted by Crippen LogP contribution is -2.11. The number of thiophene rings is 1. The van der Waals surface area contributed by atoms with Crippen molar-refractivity contribution in [2.24, 2.45) is 0 Å². The van der Waals surface area contributed by atoms with Crippen LogP contribution in [0.2, 0.25) is 0 Å². The molecule has 0 aliphatic rings. The van der Waals surface area contributed by atoms with E-state index in [-0.39, 0.29) is 5.78 Å². The molecule has 2 aromatic rings. The van der Waals surface area contributed by atoms with Crippen molar-refractivity contribution in [2.75, 3.05) is 7.11 Å². The molecule has 2 aromatic heterocycles. The number of nitrogens with zero attached hydrogens (tertiary/aromatic N) is 2. The molecule has 0 amide bonds. The third kappa shape index (κ3) is 2.74. The van der Waals surface area contributed by atoms with Crippen LogP contribution in [-0.2, 0) is 6.54 Å². The molecule has 0 saturated carbocycles. The number of ether oxygens (including phenoxy) is 1. The Kier molecular flexibility index (Phi) is 4.42. The Balaban J connectivity index is 2.44. The highest BCUT2D eigenvalue weighted by atomic mass is 79.9. The molecule has 2 rings (SSSR count). The quantitative estimate of drug-likeness (QED) is 0.778. The van der Waals surface area contributed by atoms with Gasteiger partial charge < -0.3 is 4.74 Å². The van der Waals surface area contributed by atoms with Gasteiger partial charge in [-0.1, -0.05) is 6.92 Å². The normalized spacial score (nSPS) is 10.7. The van der Waals surface area contributed by atoms with Crippen molar-refractivity contribution in [2.45, 2.75) is 26.8 Å². The summed E-state index contributed by atoms with van der Waals surface area (Å²) in [6.45, 7) is 4.72. The molecule has 0 atom stereocenters. The Labute approximate surface area is 124 Å². The molecule has 0 bridgehead atoms. The number of aromatic nitrogens is 2. The topological polar surface area (TPSA) is 44.1 Å². The van der Waals surface area contributed by atoms with Gasteiger partial charge in [-0.2, -0.15) is 5.10 Å². The van der Waals surface area contributed by atoms with E-state index < -0.39 is 0 Å². The van der Waals surface area contributed by atoms with Crippen LogP contribution in [0.5, 0.6) is 5.75 Å². The van der Waals surface area contributed by atoms with Crippen LogP contribution >= 0.6 is 27.3 Å². The average molecular weight is 343 g/mol. The standard InChI is InChI=1S/C13H15BrN2O2S/c1-4-5-16-11(9(18-3)7-15-16)12(17)10-6-8(2)13(14)19-10/h6-7H,4-5H2,1-3H3. The van der Waals surface area contributed by atoms with Crippen LogP contribution < -0.4 is 4.74 Å². The minimum atomic E-state index is -0.0402. The van der Waals surface area contributed by atoms with Crippen molar-refractivity contribution in [3.8, 4) is 5.75 Å². The first-order valence-corrected chi connectivity index (χ1v) is 7.59. The first-order chi connectivity index (χ1) is 9.08. The SMILES string of the molecule is CCCn1ncc(OC)c1C(=O)c1cc(C)c(Br)s1. The fraction of sp³-hybridized carbons (Fsp3) is 0.385. The molecule has 0 aromatic carbocycles. The predicted molar refractivity (Wildman–Crippen MR) is 79.3 cm³/mol. The summed E-state index contributed by atoms with van der Waals surface area (Å²) in [4.78, 5) is 13.3. The van der Waals surface area contributed by atoms with E-state index in [0.717, 1.165) is 15.8 Å². The number of rotatable bonds is 5. The maximum atomic E-state index is 12.6. The average Bonchev–Trinajstić information content (AvgIpc) is 2.94. The molecular weight excluding hydrogens is 328 g/mol. The molecule has 0 spiro atoms. The molecule has 0 fully saturated rings. The zero-order valence-corrected chi connectivity index (χ0v) is 13.5. The van der Waals surface area contributed by atoms with Crippen LogP contribution in [0, 0.1) is 6.92 Å². The van der Waals surface area contributed by atoms with Gasteiger partial charge in [-0.3, -0.25) is 9.48 Å². The van der Waals surface area contributed by atoms with Gasteiger partial charge in [0, 0.05) is 6.54 Å². The fourth-order valence-electron chi connectivity index (χ4n) is 1.82. The molecular formula is C13H15BrN2O2S. The summed E-state index contributed by atoms with van der Waals surface area (Å²) < 4.78 is 7.94. The molecule has 0 aliphatic heterocycles. The van der Waals surface area contributed by atoms with Gasteiger partial charge in [-0.05, 0) is 40.9 Å². The number of hydrogen-bond acceptors (Lipinski definition) is 4. The van der Waals surface area contributed by atoms with E-state index in [1.54, 1.807) is 18.0 Å². The van der Waals surface area contributed by atoms with E-state index in [0.29, 0.717) is 22.9 Å². The monoisotopic (exact) mass is 342 g/mol. The predicted octanol–water partition coefficient (Wildman–Crippen LogP) is 3.67. The van der Waals surface area contributed by atoms with Crippen LogP contribution in [-0.4, -0.2) is 22.7 Å². The second-order valence-electron chi connectivity index (χ2n) is 4.18. The molecule has 6 heteroatoms. The lowest BCUT2D eigenvalue weighted by atomic mass is 10.2. The third-order valence-corrected chi connectivity index (χ3v) is 4.89. The van der Waals surface area contributed by atoms with E-state index in [1.807, 2.05) is 19.9 Å². The molecule has 19 heavy (non-hydrogen) atoms. The van der Waals surface area contributed by atoms with Gasteiger partial charge in [0.1, 0.15) is 0 Å². The number of aryl methyl sites for hydroxylation is 2. The molecule has 0 unspecified atom stereocenters. The summed E-state index contributed by atoms with van der Waals surface area (Å²) in [7, 11) is 1.56. The first-order valence-electron chi connectivity index (χ1n) is 5.98. The largest absolute Gasteiger partial charge is 0.493 e. The van der Waals surface area contributed by atoms with Gasteiger partial charge in [-0.15, -0.1) is 11.3 Å². The second kappa shape index (κ2) is 5.88. The van der Waals surface area contributed by atoms with E-state index >= 15 is 0 Å². The highest BCUT2D eigenvalue weighted by Gasteiger charge is 2.22. The van der Waals surface area contributed by atoms with Crippen molar-refractivity contribution in [1.82, 2.24) is 9.78 Å². The lowest BCUT2D eigenvalue weighted by molar-refractivity contribution is 0.102. The zero-order chi connectivity index (χ0) is 14.0. The van der Waals surface area contributed by atoms with E-state index in [4.69, 9.17) is 4.74 Å². The van der Waals surface area contributed by atoms with Crippen molar-refractivity contribution in [3.05, 3.63) is 32.2 Å². The Morgan fingerprint density at radius 1 is 1.58 bits per heavy atom. The number of carbonyl (C=O) groups excluding carboxylic acids is 1. The van der Waals surface area contributed by atoms with Gasteiger partial charge in [0.2, 0.25) is 5.78 Å². The smallest absolute Gasteiger partial charge is 0.224 e. The Morgan fingerprint density at radius 3 is 2.84 bits per heavy atom. The summed E-state index contributed by atoms with van der Waals surface area (Å²) in [5.41, 5.74) is 1.59. The molecule has 0 radical (unpaired) electrons. The summed E-state index contributed by atoms with van der Waals surface area (Å²) in [6, 6.07) is 1.89. The minimum Gasteiger partial charge on any atom is -0.493 e. The minimum absolute atomic E-state index is 0.0402. The Morgan fingerprint density at radius 2 is 2.32 bits per heavy atom. The lowest BCUT2D eigenvalue weighted by Gasteiger charge is -2.05. The summed E-state index contributed by atoms with van der Waals surface area (Å²) in [6.07, 6.45) is 2.51.